The molecule has 1 aromatic heterocycles. The van der Waals surface area contributed by atoms with Crippen LogP contribution in [0, 0.1) is 6.92 Å². The normalized spacial score (nSPS) is 19.6. The average molecular weight is 251 g/mol. The van der Waals surface area contributed by atoms with Crippen molar-refractivity contribution in [1.29, 1.82) is 0 Å². The number of halogens is 1. The van der Waals surface area contributed by atoms with Gasteiger partial charge in [-0.05, 0) is 43.2 Å². The fourth-order valence-corrected chi connectivity index (χ4v) is 3.87. The molecule has 0 aliphatic heterocycles. The van der Waals surface area contributed by atoms with Gasteiger partial charge in [0.05, 0.1) is 4.75 Å². The molecular formula is C9H11ClO2S2. The maximum absolute atomic E-state index is 11.3. The quantitative estimate of drug-likeness (QED) is 0.773. The van der Waals surface area contributed by atoms with E-state index < -0.39 is 13.8 Å². The Kier molecular flexibility index (Phi) is 2.40. The van der Waals surface area contributed by atoms with Crippen molar-refractivity contribution in [3.05, 3.63) is 21.9 Å². The van der Waals surface area contributed by atoms with Crippen LogP contribution < -0.4 is 0 Å². The molecule has 14 heavy (non-hydrogen) atoms. The summed E-state index contributed by atoms with van der Waals surface area (Å²) in [5, 5.41) is 2.01. The molecule has 0 radical (unpaired) electrons. The summed E-state index contributed by atoms with van der Waals surface area (Å²) >= 11 is 1.65. The number of hydrogen-bond donors (Lipinski definition) is 0. The predicted molar refractivity (Wildman–Crippen MR) is 59.5 cm³/mol. The van der Waals surface area contributed by atoms with Crippen LogP contribution in [-0.4, -0.2) is 13.2 Å². The summed E-state index contributed by atoms with van der Waals surface area (Å²) in [5.41, 5.74) is 1.09. The lowest BCUT2D eigenvalue weighted by Gasteiger charge is -2.08. The van der Waals surface area contributed by atoms with Crippen molar-refractivity contribution < 1.29 is 8.42 Å². The number of aryl methyl sites for hydroxylation is 1. The summed E-state index contributed by atoms with van der Waals surface area (Å²) in [4.78, 5) is 1.21. The molecule has 1 aliphatic rings. The van der Waals surface area contributed by atoms with Crippen molar-refractivity contribution in [2.45, 2.75) is 30.9 Å². The van der Waals surface area contributed by atoms with Gasteiger partial charge < -0.3 is 0 Å². The van der Waals surface area contributed by atoms with Gasteiger partial charge in [0, 0.05) is 15.6 Å². The van der Waals surface area contributed by atoms with Gasteiger partial charge in [0.25, 0.3) is 0 Å². The van der Waals surface area contributed by atoms with Crippen LogP contribution >= 0.6 is 22.0 Å². The van der Waals surface area contributed by atoms with Gasteiger partial charge in [-0.15, -0.1) is 11.3 Å². The van der Waals surface area contributed by atoms with E-state index in [1.165, 1.54) is 4.88 Å². The van der Waals surface area contributed by atoms with Gasteiger partial charge in [0.1, 0.15) is 0 Å². The second kappa shape index (κ2) is 3.22. The van der Waals surface area contributed by atoms with Gasteiger partial charge >= 0.3 is 0 Å². The lowest BCUT2D eigenvalue weighted by Crippen LogP contribution is -2.20. The largest absolute Gasteiger partial charge is 0.238 e. The van der Waals surface area contributed by atoms with Gasteiger partial charge in [0.2, 0.25) is 9.05 Å². The molecule has 1 saturated carbocycles. The highest BCUT2D eigenvalue weighted by molar-refractivity contribution is 8.15. The summed E-state index contributed by atoms with van der Waals surface area (Å²) in [6.45, 7) is 2.02. The molecule has 78 valence electrons. The van der Waals surface area contributed by atoms with E-state index in [-0.39, 0.29) is 0 Å². The summed E-state index contributed by atoms with van der Waals surface area (Å²) in [7, 11) is 2.02. The summed E-state index contributed by atoms with van der Waals surface area (Å²) in [6.07, 6.45) is 1.98. The standard InChI is InChI=1S/C9H11ClO2S2/c1-7-4-8(6-13-7)5-9(2-3-9)14(10,11)12/h4,6H,2-3,5H2,1H3. The molecule has 0 unspecified atom stereocenters. The van der Waals surface area contributed by atoms with Crippen LogP contribution in [0.3, 0.4) is 0 Å². The topological polar surface area (TPSA) is 34.1 Å². The Balaban J connectivity index is 2.20. The van der Waals surface area contributed by atoms with E-state index in [4.69, 9.17) is 10.7 Å². The molecule has 1 aromatic rings. The van der Waals surface area contributed by atoms with Crippen LogP contribution in [0.2, 0.25) is 0 Å². The van der Waals surface area contributed by atoms with Gasteiger partial charge in [-0.3, -0.25) is 0 Å². The Morgan fingerprint density at radius 2 is 2.21 bits per heavy atom. The minimum absolute atomic E-state index is 0.573. The Labute approximate surface area is 92.3 Å². The fraction of sp³-hybridized carbons (Fsp3) is 0.556. The van der Waals surface area contributed by atoms with Crippen molar-refractivity contribution in [2.75, 3.05) is 0 Å². The molecule has 0 aromatic carbocycles. The van der Waals surface area contributed by atoms with E-state index in [1.807, 2.05) is 18.4 Å². The zero-order valence-corrected chi connectivity index (χ0v) is 10.2. The van der Waals surface area contributed by atoms with E-state index in [2.05, 4.69) is 0 Å². The maximum Gasteiger partial charge on any atom is 0.238 e. The summed E-state index contributed by atoms with van der Waals surface area (Å²) in [6, 6.07) is 2.03. The molecule has 0 amide bonds. The summed E-state index contributed by atoms with van der Waals surface area (Å²) in [5.74, 6) is 0. The van der Waals surface area contributed by atoms with Crippen LogP contribution in [0.5, 0.6) is 0 Å². The number of thiophene rings is 1. The van der Waals surface area contributed by atoms with Crippen LogP contribution in [0.4, 0.5) is 0 Å². The molecule has 0 bridgehead atoms. The maximum atomic E-state index is 11.3. The van der Waals surface area contributed by atoms with E-state index in [9.17, 15) is 8.42 Å². The second-order valence-electron chi connectivity index (χ2n) is 3.86. The van der Waals surface area contributed by atoms with E-state index in [1.54, 1.807) is 11.3 Å². The smallest absolute Gasteiger partial charge is 0.212 e. The predicted octanol–water partition coefficient (Wildman–Crippen LogP) is 2.70. The van der Waals surface area contributed by atoms with E-state index in [0.717, 1.165) is 5.56 Å². The van der Waals surface area contributed by atoms with Gasteiger partial charge in [-0.2, -0.15) is 0 Å². The summed E-state index contributed by atoms with van der Waals surface area (Å²) < 4.78 is 21.9. The van der Waals surface area contributed by atoms with Crippen LogP contribution in [0.15, 0.2) is 11.4 Å². The highest BCUT2D eigenvalue weighted by atomic mass is 35.7. The zero-order chi connectivity index (χ0) is 10.4. The SMILES string of the molecule is Cc1cc(CC2(S(=O)(=O)Cl)CC2)cs1. The first kappa shape index (κ1) is 10.5. The molecule has 0 N–H and O–H groups in total. The van der Waals surface area contributed by atoms with Gasteiger partial charge in [-0.25, -0.2) is 8.42 Å². The molecule has 2 rings (SSSR count). The van der Waals surface area contributed by atoms with Gasteiger partial charge in [0.15, 0.2) is 0 Å². The third kappa shape index (κ3) is 1.83. The minimum atomic E-state index is -3.40. The van der Waals surface area contributed by atoms with Crippen molar-refractivity contribution in [3.63, 3.8) is 0 Å². The molecule has 2 nitrogen and oxygen atoms in total. The Morgan fingerprint density at radius 1 is 1.57 bits per heavy atom. The molecule has 5 heteroatoms. The first-order valence-electron chi connectivity index (χ1n) is 4.41. The second-order valence-corrected chi connectivity index (χ2v) is 7.94. The molecular weight excluding hydrogens is 240 g/mol. The first-order valence-corrected chi connectivity index (χ1v) is 7.60. The van der Waals surface area contributed by atoms with E-state index >= 15 is 0 Å². The number of rotatable bonds is 3. The third-order valence-electron chi connectivity index (χ3n) is 2.64. The first-order chi connectivity index (χ1) is 6.43. The fourth-order valence-electron chi connectivity index (χ4n) is 1.61. The Morgan fingerprint density at radius 3 is 2.57 bits per heavy atom. The highest BCUT2D eigenvalue weighted by Crippen LogP contribution is 2.48. The van der Waals surface area contributed by atoms with E-state index in [0.29, 0.717) is 19.3 Å². The number of hydrogen-bond acceptors (Lipinski definition) is 3. The zero-order valence-electron chi connectivity index (χ0n) is 7.79. The van der Waals surface area contributed by atoms with Gasteiger partial charge in [-0.1, -0.05) is 0 Å². The lowest BCUT2D eigenvalue weighted by molar-refractivity contribution is 0.590. The molecule has 0 atom stereocenters. The molecule has 1 fully saturated rings. The van der Waals surface area contributed by atoms with Crippen LogP contribution in [0.1, 0.15) is 23.3 Å². The Hall–Kier alpha value is -0.0600. The minimum Gasteiger partial charge on any atom is -0.212 e. The van der Waals surface area contributed by atoms with Crippen molar-refractivity contribution in [1.82, 2.24) is 0 Å². The molecule has 1 heterocycles. The average Bonchev–Trinajstić information content (AvgIpc) is 2.71. The van der Waals surface area contributed by atoms with Crippen molar-refractivity contribution >= 4 is 31.1 Å². The molecule has 1 aliphatic carbocycles. The van der Waals surface area contributed by atoms with Crippen molar-refractivity contribution in [3.8, 4) is 0 Å². The highest BCUT2D eigenvalue weighted by Gasteiger charge is 2.53. The van der Waals surface area contributed by atoms with Crippen LogP contribution in [-0.2, 0) is 15.5 Å². The lowest BCUT2D eigenvalue weighted by atomic mass is 10.1. The molecule has 0 spiro atoms. The monoisotopic (exact) mass is 250 g/mol. The van der Waals surface area contributed by atoms with Crippen LogP contribution in [0.25, 0.3) is 0 Å². The molecule has 0 saturated heterocycles. The third-order valence-corrected chi connectivity index (χ3v) is 6.12. The Bertz CT molecular complexity index is 443. The van der Waals surface area contributed by atoms with Crippen molar-refractivity contribution in [2.24, 2.45) is 0 Å².